The fourth-order valence-corrected chi connectivity index (χ4v) is 11.5. The first-order chi connectivity index (χ1) is 35.4. The molecule has 7 aromatic rings. The normalized spacial score (nSPS) is 21.4. The number of imide groups is 1. The van der Waals surface area contributed by atoms with Crippen LogP contribution >= 0.6 is 11.3 Å². The molecule has 0 radical (unpaired) electrons. The van der Waals surface area contributed by atoms with Gasteiger partial charge in [0.05, 0.1) is 54.2 Å². The van der Waals surface area contributed by atoms with E-state index in [4.69, 9.17) is 19.2 Å². The Morgan fingerprint density at radius 1 is 0.781 bits per heavy atom. The monoisotopic (exact) mass is 993 g/mol. The van der Waals surface area contributed by atoms with Crippen LogP contribution in [0.25, 0.3) is 10.2 Å². The summed E-state index contributed by atoms with van der Waals surface area (Å²) in [7, 11) is 2.29. The van der Waals surface area contributed by atoms with Crippen LogP contribution in [-0.4, -0.2) is 71.0 Å². The van der Waals surface area contributed by atoms with E-state index in [0.29, 0.717) is 22.2 Å². The third kappa shape index (κ3) is 8.51. The molecule has 16 heteroatoms. The molecule has 6 aromatic carbocycles. The number of carbonyl (C=O) groups excluding carboxylic acids is 6. The number of hydrogen-bond acceptors (Lipinski definition) is 13. The van der Waals surface area contributed by atoms with E-state index >= 15 is 19.2 Å². The molecule has 10 rings (SSSR count). The van der Waals surface area contributed by atoms with Crippen molar-refractivity contribution < 1.29 is 48.1 Å². The first kappa shape index (κ1) is 48.0. The maximum absolute atomic E-state index is 16.7. The predicted molar refractivity (Wildman–Crippen MR) is 271 cm³/mol. The zero-order valence-corrected chi connectivity index (χ0v) is 40.4. The number of esters is 3. The number of amides is 4. The topological polar surface area (TPSA) is 194 Å². The second-order valence-electron chi connectivity index (χ2n) is 17.9. The van der Waals surface area contributed by atoms with Crippen molar-refractivity contribution in [2.75, 3.05) is 24.4 Å². The Balaban J connectivity index is 1.24. The lowest BCUT2D eigenvalue weighted by Crippen LogP contribution is -2.55. The van der Waals surface area contributed by atoms with Gasteiger partial charge in [0.1, 0.15) is 23.3 Å². The number of aromatic hydroxyl groups is 1. The molecule has 0 bridgehead atoms. The summed E-state index contributed by atoms with van der Waals surface area (Å²) in [6.07, 6.45) is -1.27. The van der Waals surface area contributed by atoms with Gasteiger partial charge >= 0.3 is 23.9 Å². The Bertz CT molecular complexity index is 3290. The summed E-state index contributed by atoms with van der Waals surface area (Å²) in [4.78, 5) is 96.3. The van der Waals surface area contributed by atoms with Crippen molar-refractivity contribution in [3.63, 3.8) is 0 Å². The number of rotatable bonds is 10. The largest absolute Gasteiger partial charge is 0.508 e. The molecule has 4 amide bonds. The van der Waals surface area contributed by atoms with Crippen LogP contribution in [0.15, 0.2) is 158 Å². The van der Waals surface area contributed by atoms with E-state index in [0.717, 1.165) is 29.4 Å². The zero-order chi connectivity index (χ0) is 51.0. The Hall–Kier alpha value is -8.65. The van der Waals surface area contributed by atoms with Crippen molar-refractivity contribution in [2.45, 2.75) is 49.0 Å². The number of fused-ring (bicyclic) bond motifs is 4. The fraction of sp³-hybridized carbons (Fsp3) is 0.211. The van der Waals surface area contributed by atoms with Gasteiger partial charge in [0.2, 0.25) is 11.8 Å². The summed E-state index contributed by atoms with van der Waals surface area (Å²) >= 11 is 1.21. The van der Waals surface area contributed by atoms with E-state index in [1.165, 1.54) is 23.5 Å². The number of methoxy groups -OCH3 is 2. The maximum atomic E-state index is 16.7. The number of nitrogens with zero attached hydrogens (tertiary/aromatic N) is 3. The molecule has 73 heavy (non-hydrogen) atoms. The Labute approximate surface area is 423 Å². The quantitative estimate of drug-likeness (QED) is 0.0513. The lowest BCUT2D eigenvalue weighted by molar-refractivity contribution is -0.178. The number of nitrogens with one attached hydrogen (secondary N) is 2. The second-order valence-corrected chi connectivity index (χ2v) is 18.9. The van der Waals surface area contributed by atoms with E-state index in [9.17, 15) is 14.7 Å². The van der Waals surface area contributed by atoms with E-state index in [-0.39, 0.29) is 34.1 Å². The first-order valence-electron chi connectivity index (χ1n) is 23.5. The van der Waals surface area contributed by atoms with Crippen LogP contribution < -0.4 is 15.5 Å². The van der Waals surface area contributed by atoms with Crippen molar-refractivity contribution in [2.24, 2.45) is 11.8 Å². The molecule has 3 N–H and O–H groups in total. The number of benzene rings is 6. The summed E-state index contributed by atoms with van der Waals surface area (Å²) in [5.41, 5.74) is 1.54. The number of urea groups is 1. The van der Waals surface area contributed by atoms with Gasteiger partial charge in [-0.25, -0.2) is 14.7 Å². The number of para-hydroxylation sites is 1. The molecule has 366 valence electrons. The number of aromatic nitrogens is 1. The number of carbonyl (C=O) groups is 6. The lowest BCUT2D eigenvalue weighted by atomic mass is 9.65. The molecule has 1 spiro atoms. The number of hydrogen-bond donors (Lipinski definition) is 3. The highest BCUT2D eigenvalue weighted by Gasteiger charge is 2.75. The van der Waals surface area contributed by atoms with E-state index in [1.807, 2.05) is 114 Å². The maximum Gasteiger partial charge on any atom is 0.329 e. The van der Waals surface area contributed by atoms with E-state index in [1.54, 1.807) is 43.3 Å². The molecular weight excluding hydrogens is 947 g/mol. The molecule has 3 aliphatic rings. The van der Waals surface area contributed by atoms with E-state index in [2.05, 4.69) is 22.5 Å². The molecule has 7 atom stereocenters. The van der Waals surface area contributed by atoms with Crippen molar-refractivity contribution >= 4 is 68.1 Å². The van der Waals surface area contributed by atoms with Gasteiger partial charge in [0.25, 0.3) is 0 Å². The molecule has 1 aromatic heterocycles. The lowest BCUT2D eigenvalue weighted by Gasteiger charge is -2.46. The highest BCUT2D eigenvalue weighted by atomic mass is 32.1. The number of phenols is 1. The van der Waals surface area contributed by atoms with Gasteiger partial charge in [-0.05, 0) is 77.2 Å². The number of thiazole rings is 1. The van der Waals surface area contributed by atoms with E-state index < -0.39 is 83.3 Å². The predicted octanol–water partition coefficient (Wildman–Crippen LogP) is 8.48. The molecular formula is C57H47N5O10S. The van der Waals surface area contributed by atoms with Gasteiger partial charge in [-0.1, -0.05) is 138 Å². The van der Waals surface area contributed by atoms with Crippen molar-refractivity contribution in [1.29, 1.82) is 0 Å². The molecule has 0 unspecified atom stereocenters. The average molecular weight is 994 g/mol. The molecule has 4 heterocycles. The molecule has 0 aliphatic carbocycles. The second kappa shape index (κ2) is 19.9. The molecule has 2 fully saturated rings. The van der Waals surface area contributed by atoms with Crippen LogP contribution in [0.3, 0.4) is 0 Å². The van der Waals surface area contributed by atoms with Gasteiger partial charge < -0.3 is 30.0 Å². The number of morpholine rings is 1. The van der Waals surface area contributed by atoms with Gasteiger partial charge in [-0.15, -0.1) is 0 Å². The summed E-state index contributed by atoms with van der Waals surface area (Å²) in [5, 5.41) is 17.0. The Morgan fingerprint density at radius 2 is 1.41 bits per heavy atom. The van der Waals surface area contributed by atoms with Crippen molar-refractivity contribution in [3.05, 3.63) is 191 Å². The van der Waals surface area contributed by atoms with Crippen molar-refractivity contribution in [1.82, 2.24) is 15.2 Å². The highest BCUT2D eigenvalue weighted by molar-refractivity contribution is 7.22. The number of ether oxygens (including phenoxy) is 3. The minimum absolute atomic E-state index is 0.0823. The van der Waals surface area contributed by atoms with Gasteiger partial charge in [-0.2, -0.15) is 0 Å². The first-order valence-corrected chi connectivity index (χ1v) is 24.3. The van der Waals surface area contributed by atoms with Crippen LogP contribution in [0.2, 0.25) is 0 Å². The van der Waals surface area contributed by atoms with Crippen molar-refractivity contribution in [3.8, 4) is 17.6 Å². The number of cyclic esters (lactones) is 1. The van der Waals surface area contributed by atoms with Gasteiger partial charge in [0, 0.05) is 12.0 Å². The summed E-state index contributed by atoms with van der Waals surface area (Å²) in [6, 6.07) is 41.0. The van der Waals surface area contributed by atoms with Gasteiger partial charge in [-0.3, -0.25) is 28.9 Å². The fourth-order valence-electron chi connectivity index (χ4n) is 10.6. The van der Waals surface area contributed by atoms with Gasteiger partial charge in [0.15, 0.2) is 11.0 Å². The molecule has 3 aliphatic heterocycles. The standard InChI is InChI=1S/C57H47N5O10S/c1-33(35-17-7-4-8-18-35)58-56(69)61-43-31-26-34(16-15-23-40(51(65)70-2)52(66)71-3)32-41(43)57(54(61)68)45(50(64)60-55-59-42-24-13-14-25-44(42)73-55)47-53(67)72-48(37-21-11-6-12-22-37)46(36-19-9-5-10-20-36)62(47)49(57)38-27-29-39(63)30-28-38/h4-14,17-22,24-33,40,45-49,63H,23H2,1-3H3,(H,58,69)(H,59,60,64)/t33-,45+,46+,47+,48-,49-,57+/m1/s1. The van der Waals surface area contributed by atoms with Crippen LogP contribution in [0.1, 0.15) is 71.0 Å². The minimum atomic E-state index is -2.17. The van der Waals surface area contributed by atoms with Crippen LogP contribution in [0, 0.1) is 23.7 Å². The Morgan fingerprint density at radius 3 is 2.07 bits per heavy atom. The number of phenolic OH excluding ortho intramolecular Hbond substituents is 1. The smallest absolute Gasteiger partial charge is 0.329 e. The minimum Gasteiger partial charge on any atom is -0.508 e. The Kier molecular flexibility index (Phi) is 13.1. The SMILES string of the molecule is COC(=O)C(CC#Cc1ccc2c(c1)[C@]1(C(=O)N2C(=O)N[C@H](C)c2ccccc2)[C@H](C(=O)Nc2nc3ccccc3s2)[C@H]2C(=O)O[C@H](c3ccccc3)[C@H](c3ccccc3)N2[C@@H]1c1ccc(O)cc1)C(=O)OC. The number of anilines is 2. The molecule has 15 nitrogen and oxygen atoms in total. The van der Waals surface area contributed by atoms with Crippen LogP contribution in [0.4, 0.5) is 15.6 Å². The molecule has 0 saturated carbocycles. The van der Waals surface area contributed by atoms with Crippen LogP contribution in [0.5, 0.6) is 5.75 Å². The molecule has 2 saturated heterocycles. The van der Waals surface area contributed by atoms with Crippen LogP contribution in [-0.2, 0) is 43.6 Å². The summed E-state index contributed by atoms with van der Waals surface area (Å²) < 4.78 is 17.1. The average Bonchev–Trinajstić information content (AvgIpc) is 4.06. The highest BCUT2D eigenvalue weighted by Crippen LogP contribution is 2.66. The summed E-state index contributed by atoms with van der Waals surface area (Å²) in [5.74, 6) is -1.24. The summed E-state index contributed by atoms with van der Waals surface area (Å²) in [6.45, 7) is 1.78. The third-order valence-corrected chi connectivity index (χ3v) is 14.8. The zero-order valence-electron chi connectivity index (χ0n) is 39.6. The third-order valence-electron chi connectivity index (χ3n) is 13.8.